The van der Waals surface area contributed by atoms with Crippen LogP contribution in [0.1, 0.15) is 11.9 Å². The number of benzene rings is 1. The lowest BCUT2D eigenvalue weighted by molar-refractivity contribution is -0.316. The van der Waals surface area contributed by atoms with Gasteiger partial charge in [-0.05, 0) is 0 Å². The SMILES string of the molecule is COC(=O)C1[C@@H]2[C@@H](OC)O[C@@H]3COC(c4ccccc4)O[C@H]3[C@H]12. The van der Waals surface area contributed by atoms with Gasteiger partial charge in [-0.25, -0.2) is 0 Å². The lowest BCUT2D eigenvalue weighted by Gasteiger charge is -2.41. The van der Waals surface area contributed by atoms with Crippen LogP contribution in [0, 0.1) is 17.8 Å². The molecule has 0 amide bonds. The summed E-state index contributed by atoms with van der Waals surface area (Å²) in [6, 6.07) is 9.78. The summed E-state index contributed by atoms with van der Waals surface area (Å²) < 4.78 is 28.2. The highest BCUT2D eigenvalue weighted by molar-refractivity contribution is 5.76. The van der Waals surface area contributed by atoms with E-state index >= 15 is 0 Å². The van der Waals surface area contributed by atoms with E-state index in [4.69, 9.17) is 23.7 Å². The van der Waals surface area contributed by atoms with Gasteiger partial charge in [-0.15, -0.1) is 0 Å². The minimum absolute atomic E-state index is 0.0109. The molecule has 2 saturated heterocycles. The number of rotatable bonds is 3. The smallest absolute Gasteiger partial charge is 0.309 e. The number of esters is 1. The van der Waals surface area contributed by atoms with Crippen molar-refractivity contribution in [2.45, 2.75) is 24.8 Å². The van der Waals surface area contributed by atoms with Crippen LogP contribution in [0.15, 0.2) is 30.3 Å². The van der Waals surface area contributed by atoms with E-state index in [0.717, 1.165) is 5.56 Å². The molecule has 4 rings (SSSR count). The Hall–Kier alpha value is -1.47. The molecule has 0 aromatic heterocycles. The standard InChI is InChI=1S/C17H20O6/c1-19-15(18)12-11-13(12)17(20-2)22-10-8-21-16(23-14(10)11)9-6-4-3-5-7-9/h3-7,10-14,16-17H,8H2,1-2H3/t10-,11-,12?,13-,14-,16?,17+/m1/s1. The van der Waals surface area contributed by atoms with Crippen molar-refractivity contribution in [1.82, 2.24) is 0 Å². The summed E-state index contributed by atoms with van der Waals surface area (Å²) in [6.07, 6.45) is -1.25. The fourth-order valence-electron chi connectivity index (χ4n) is 3.85. The maximum atomic E-state index is 12.0. The Morgan fingerprint density at radius 1 is 1.13 bits per heavy atom. The lowest BCUT2D eigenvalue weighted by atomic mass is 10.0. The zero-order chi connectivity index (χ0) is 16.0. The van der Waals surface area contributed by atoms with Gasteiger partial charge in [0.1, 0.15) is 6.10 Å². The van der Waals surface area contributed by atoms with Crippen LogP contribution < -0.4 is 0 Å². The van der Waals surface area contributed by atoms with E-state index in [9.17, 15) is 4.79 Å². The van der Waals surface area contributed by atoms with Gasteiger partial charge in [0.15, 0.2) is 12.6 Å². The van der Waals surface area contributed by atoms with Crippen LogP contribution >= 0.6 is 0 Å². The van der Waals surface area contributed by atoms with E-state index in [1.165, 1.54) is 7.11 Å². The van der Waals surface area contributed by atoms with Crippen molar-refractivity contribution in [2.24, 2.45) is 17.8 Å². The van der Waals surface area contributed by atoms with Crippen molar-refractivity contribution in [3.05, 3.63) is 35.9 Å². The molecule has 124 valence electrons. The van der Waals surface area contributed by atoms with E-state index in [2.05, 4.69) is 0 Å². The van der Waals surface area contributed by atoms with Crippen LogP contribution in [-0.2, 0) is 28.5 Å². The highest BCUT2D eigenvalue weighted by atomic mass is 16.7. The van der Waals surface area contributed by atoms with Gasteiger partial charge >= 0.3 is 5.97 Å². The maximum Gasteiger partial charge on any atom is 0.309 e. The van der Waals surface area contributed by atoms with Crippen LogP contribution in [0.5, 0.6) is 0 Å². The number of ether oxygens (including phenoxy) is 5. The highest BCUT2D eigenvalue weighted by Crippen LogP contribution is 2.58. The number of carbonyl (C=O) groups excluding carboxylic acids is 1. The second-order valence-electron chi connectivity index (χ2n) is 6.16. The number of methoxy groups -OCH3 is 2. The van der Waals surface area contributed by atoms with Crippen molar-refractivity contribution in [3.8, 4) is 0 Å². The minimum Gasteiger partial charge on any atom is -0.469 e. The van der Waals surface area contributed by atoms with Gasteiger partial charge in [0.25, 0.3) is 0 Å². The second kappa shape index (κ2) is 5.87. The summed E-state index contributed by atoms with van der Waals surface area (Å²) in [6.45, 7) is 0.418. The van der Waals surface area contributed by atoms with E-state index in [0.29, 0.717) is 6.61 Å². The highest BCUT2D eigenvalue weighted by Gasteiger charge is 2.69. The fraction of sp³-hybridized carbons (Fsp3) is 0.588. The molecule has 3 aliphatic rings. The summed E-state index contributed by atoms with van der Waals surface area (Å²) >= 11 is 0. The van der Waals surface area contributed by atoms with Crippen molar-refractivity contribution < 1.29 is 28.5 Å². The molecule has 0 N–H and O–H groups in total. The Balaban J connectivity index is 1.54. The summed E-state index contributed by atoms with van der Waals surface area (Å²) in [5.74, 6) is -0.406. The second-order valence-corrected chi connectivity index (χ2v) is 6.16. The molecule has 1 saturated carbocycles. The molecule has 0 bridgehead atoms. The molecule has 2 heterocycles. The van der Waals surface area contributed by atoms with E-state index in [1.54, 1.807) is 7.11 Å². The molecule has 1 aliphatic carbocycles. The fourth-order valence-corrected chi connectivity index (χ4v) is 3.85. The van der Waals surface area contributed by atoms with Crippen molar-refractivity contribution >= 4 is 5.97 Å². The van der Waals surface area contributed by atoms with Gasteiger partial charge in [-0.3, -0.25) is 4.79 Å². The molecule has 6 nitrogen and oxygen atoms in total. The molecule has 7 atom stereocenters. The molecule has 0 spiro atoms. The van der Waals surface area contributed by atoms with Crippen molar-refractivity contribution in [3.63, 3.8) is 0 Å². The largest absolute Gasteiger partial charge is 0.469 e. The Morgan fingerprint density at radius 2 is 1.91 bits per heavy atom. The van der Waals surface area contributed by atoms with Gasteiger partial charge in [0.2, 0.25) is 0 Å². The molecule has 23 heavy (non-hydrogen) atoms. The molecule has 2 unspecified atom stereocenters. The Morgan fingerprint density at radius 3 is 2.61 bits per heavy atom. The molecule has 0 radical (unpaired) electrons. The van der Waals surface area contributed by atoms with Crippen LogP contribution in [0.3, 0.4) is 0 Å². The molecular formula is C17H20O6. The first kappa shape index (κ1) is 15.1. The number of fused-ring (bicyclic) bond motifs is 3. The van der Waals surface area contributed by atoms with Gasteiger partial charge in [0, 0.05) is 24.5 Å². The van der Waals surface area contributed by atoms with Gasteiger partial charge < -0.3 is 23.7 Å². The topological polar surface area (TPSA) is 63.2 Å². The Kier molecular flexibility index (Phi) is 3.85. The van der Waals surface area contributed by atoms with Crippen molar-refractivity contribution in [1.29, 1.82) is 0 Å². The van der Waals surface area contributed by atoms with E-state index in [1.807, 2.05) is 30.3 Å². The Bertz CT molecular complexity index is 576. The van der Waals surface area contributed by atoms with E-state index in [-0.39, 0.29) is 35.9 Å². The molecule has 1 aromatic carbocycles. The quantitative estimate of drug-likeness (QED) is 0.787. The average molecular weight is 320 g/mol. The first-order valence-corrected chi connectivity index (χ1v) is 7.82. The lowest BCUT2D eigenvalue weighted by Crippen LogP contribution is -2.49. The van der Waals surface area contributed by atoms with Gasteiger partial charge in [0.05, 0.1) is 25.7 Å². The first-order chi connectivity index (χ1) is 11.2. The summed E-state index contributed by atoms with van der Waals surface area (Å²) in [5.41, 5.74) is 0.964. The summed E-state index contributed by atoms with van der Waals surface area (Å²) in [7, 11) is 3.00. The Labute approximate surface area is 134 Å². The van der Waals surface area contributed by atoms with Crippen LogP contribution in [0.4, 0.5) is 0 Å². The van der Waals surface area contributed by atoms with Gasteiger partial charge in [-0.2, -0.15) is 0 Å². The van der Waals surface area contributed by atoms with Crippen molar-refractivity contribution in [2.75, 3.05) is 20.8 Å². The third kappa shape index (κ3) is 2.46. The molecule has 1 aromatic rings. The molecule has 6 heteroatoms. The molecular weight excluding hydrogens is 300 g/mol. The number of hydrogen-bond donors (Lipinski definition) is 0. The van der Waals surface area contributed by atoms with Crippen LogP contribution in [-0.4, -0.2) is 45.3 Å². The first-order valence-electron chi connectivity index (χ1n) is 7.82. The maximum absolute atomic E-state index is 12.0. The normalized spacial score (nSPS) is 41.6. The molecule has 2 aliphatic heterocycles. The zero-order valence-corrected chi connectivity index (χ0v) is 13.1. The minimum atomic E-state index is -0.431. The van der Waals surface area contributed by atoms with Crippen LogP contribution in [0.2, 0.25) is 0 Å². The third-order valence-corrected chi connectivity index (χ3v) is 4.97. The predicted octanol–water partition coefficient (Wildman–Crippen LogP) is 1.51. The third-order valence-electron chi connectivity index (χ3n) is 4.97. The monoisotopic (exact) mass is 320 g/mol. The van der Waals surface area contributed by atoms with Gasteiger partial charge in [-0.1, -0.05) is 30.3 Å². The number of carbonyl (C=O) groups is 1. The zero-order valence-electron chi connectivity index (χ0n) is 13.1. The summed E-state index contributed by atoms with van der Waals surface area (Å²) in [4.78, 5) is 12.0. The van der Waals surface area contributed by atoms with E-state index < -0.39 is 12.6 Å². The number of hydrogen-bond acceptors (Lipinski definition) is 6. The average Bonchev–Trinajstić information content (AvgIpc) is 3.36. The molecule has 3 fully saturated rings. The predicted molar refractivity (Wildman–Crippen MR) is 78.2 cm³/mol. The van der Waals surface area contributed by atoms with Crippen LogP contribution in [0.25, 0.3) is 0 Å². The summed E-state index contributed by atoms with van der Waals surface area (Å²) in [5, 5.41) is 0.